The highest BCUT2D eigenvalue weighted by Crippen LogP contribution is 2.48. The molecular formula is C60H40BN3OS. The molecule has 0 saturated carbocycles. The van der Waals surface area contributed by atoms with Gasteiger partial charge in [-0.2, -0.15) is 0 Å². The van der Waals surface area contributed by atoms with E-state index in [4.69, 9.17) is 4.42 Å². The first-order valence-corrected chi connectivity index (χ1v) is 23.8. The molecule has 310 valence electrons. The highest BCUT2D eigenvalue weighted by atomic mass is 32.1. The van der Waals surface area contributed by atoms with Gasteiger partial charge in [-0.3, -0.25) is 0 Å². The van der Waals surface area contributed by atoms with Crippen LogP contribution in [0.25, 0.3) is 98.1 Å². The average Bonchev–Trinajstić information content (AvgIpc) is 4.11. The number of hydrogen-bond donors (Lipinski definition) is 0. The summed E-state index contributed by atoms with van der Waals surface area (Å²) in [6.45, 7) is 7.03. The summed E-state index contributed by atoms with van der Waals surface area (Å²) < 4.78 is 14.0. The van der Waals surface area contributed by atoms with E-state index in [0.29, 0.717) is 0 Å². The molecule has 0 unspecified atom stereocenters. The van der Waals surface area contributed by atoms with Crippen molar-refractivity contribution in [3.63, 3.8) is 0 Å². The molecule has 0 atom stereocenters. The number of fused-ring (bicyclic) bond motifs is 16. The van der Waals surface area contributed by atoms with Gasteiger partial charge in [-0.1, -0.05) is 130 Å². The zero-order chi connectivity index (χ0) is 43.6. The van der Waals surface area contributed by atoms with Gasteiger partial charge in [-0.15, -0.1) is 11.3 Å². The van der Waals surface area contributed by atoms with Crippen LogP contribution in [-0.4, -0.2) is 15.8 Å². The van der Waals surface area contributed by atoms with Crippen molar-refractivity contribution in [1.82, 2.24) is 9.13 Å². The Morgan fingerprint density at radius 1 is 0.485 bits per heavy atom. The van der Waals surface area contributed by atoms with Gasteiger partial charge in [0.2, 0.25) is 0 Å². The molecule has 2 aliphatic heterocycles. The van der Waals surface area contributed by atoms with Crippen molar-refractivity contribution < 1.29 is 4.42 Å². The summed E-state index contributed by atoms with van der Waals surface area (Å²) in [5.41, 5.74) is 19.4. The zero-order valence-corrected chi connectivity index (χ0v) is 37.4. The highest BCUT2D eigenvalue weighted by molar-refractivity contribution is 7.33. The molecule has 4 nitrogen and oxygen atoms in total. The Morgan fingerprint density at radius 2 is 1.23 bits per heavy atom. The summed E-state index contributed by atoms with van der Waals surface area (Å²) in [6.07, 6.45) is 0. The van der Waals surface area contributed by atoms with E-state index in [1.54, 1.807) is 0 Å². The SMILES string of the molecule is CC(C)(C)c1ccc2sc3c(c2c1)N(c1ccc(-c2ccc4oc5ccccc5c4c2)cc1)c1cccc2c1B3c1cccc3c4c(ccc5c6ccccc6n(-c6ccccc6)c54)n-2c13. The van der Waals surface area contributed by atoms with E-state index < -0.39 is 0 Å². The number of hydrogen-bond acceptors (Lipinski definition) is 3. The first-order valence-electron chi connectivity index (χ1n) is 23.0. The number of nitrogens with zero attached hydrogens (tertiary/aromatic N) is 3. The van der Waals surface area contributed by atoms with Gasteiger partial charge in [0.15, 0.2) is 0 Å². The predicted molar refractivity (Wildman–Crippen MR) is 281 cm³/mol. The predicted octanol–water partition coefficient (Wildman–Crippen LogP) is 14.6. The van der Waals surface area contributed by atoms with Crippen molar-refractivity contribution in [3.05, 3.63) is 194 Å². The van der Waals surface area contributed by atoms with E-state index in [9.17, 15) is 0 Å². The molecule has 66 heavy (non-hydrogen) atoms. The second kappa shape index (κ2) is 12.9. The average molecular weight is 862 g/mol. The lowest BCUT2D eigenvalue weighted by Gasteiger charge is -2.39. The minimum Gasteiger partial charge on any atom is -0.456 e. The molecule has 0 fully saturated rings. The maximum absolute atomic E-state index is 6.20. The molecule has 15 rings (SSSR count). The molecule has 13 aromatic rings. The lowest BCUT2D eigenvalue weighted by molar-refractivity contribution is 0.591. The summed E-state index contributed by atoms with van der Waals surface area (Å²) in [4.78, 5) is 2.58. The third-order valence-electron chi connectivity index (χ3n) is 14.6. The van der Waals surface area contributed by atoms with Crippen LogP contribution in [0.15, 0.2) is 192 Å². The van der Waals surface area contributed by atoms with Gasteiger partial charge in [-0.25, -0.2) is 0 Å². The lowest BCUT2D eigenvalue weighted by atomic mass is 9.36. The Morgan fingerprint density at radius 3 is 2.09 bits per heavy atom. The molecule has 6 heterocycles. The summed E-state index contributed by atoms with van der Waals surface area (Å²) >= 11 is 1.97. The second-order valence-corrected chi connectivity index (χ2v) is 20.3. The summed E-state index contributed by atoms with van der Waals surface area (Å²) in [6, 6.07) is 69.9. The minimum atomic E-state index is 0.00155. The number of anilines is 3. The number of aromatic nitrogens is 2. The van der Waals surface area contributed by atoms with Crippen LogP contribution in [0.1, 0.15) is 26.3 Å². The molecule has 0 saturated heterocycles. The van der Waals surface area contributed by atoms with E-state index in [1.807, 2.05) is 23.5 Å². The van der Waals surface area contributed by atoms with Crippen molar-refractivity contribution in [3.8, 4) is 22.5 Å². The van der Waals surface area contributed by atoms with Crippen molar-refractivity contribution in [2.75, 3.05) is 4.90 Å². The van der Waals surface area contributed by atoms with Crippen LogP contribution in [0.5, 0.6) is 0 Å². The maximum Gasteiger partial charge on any atom is 0.264 e. The summed E-state index contributed by atoms with van der Waals surface area (Å²) in [7, 11) is 0. The molecule has 0 spiro atoms. The fourth-order valence-electron chi connectivity index (χ4n) is 11.7. The molecule has 0 amide bonds. The number of thiophene rings is 1. The Hall–Kier alpha value is -7.80. The Balaban J connectivity index is 1.00. The third kappa shape index (κ3) is 4.78. The Kier molecular flexibility index (Phi) is 7.16. The monoisotopic (exact) mass is 861 g/mol. The number of rotatable bonds is 3. The van der Waals surface area contributed by atoms with E-state index in [-0.39, 0.29) is 12.1 Å². The smallest absolute Gasteiger partial charge is 0.264 e. The summed E-state index contributed by atoms with van der Waals surface area (Å²) in [5.74, 6) is 0. The lowest BCUT2D eigenvalue weighted by Crippen LogP contribution is -2.59. The van der Waals surface area contributed by atoms with Gasteiger partial charge in [-0.05, 0) is 112 Å². The van der Waals surface area contributed by atoms with E-state index in [2.05, 4.69) is 211 Å². The second-order valence-electron chi connectivity index (χ2n) is 19.2. The van der Waals surface area contributed by atoms with E-state index in [1.165, 1.54) is 109 Å². The number of furan rings is 1. The van der Waals surface area contributed by atoms with Crippen LogP contribution >= 0.6 is 11.3 Å². The quantitative estimate of drug-likeness (QED) is 0.165. The van der Waals surface area contributed by atoms with Crippen LogP contribution in [0.2, 0.25) is 0 Å². The fourth-order valence-corrected chi connectivity index (χ4v) is 13.0. The Bertz CT molecular complexity index is 4220. The normalized spacial score (nSPS) is 13.3. The molecule has 0 bridgehead atoms. The molecule has 0 aliphatic carbocycles. The number of benzene rings is 9. The number of para-hydroxylation sites is 4. The topological polar surface area (TPSA) is 26.2 Å². The minimum absolute atomic E-state index is 0.00155. The van der Waals surface area contributed by atoms with Crippen molar-refractivity contribution in [1.29, 1.82) is 0 Å². The van der Waals surface area contributed by atoms with Gasteiger partial charge in [0, 0.05) is 75.4 Å². The van der Waals surface area contributed by atoms with E-state index in [0.717, 1.165) is 27.6 Å². The van der Waals surface area contributed by atoms with Crippen molar-refractivity contribution >= 4 is 126 Å². The molecule has 0 N–H and O–H groups in total. The molecular weight excluding hydrogens is 822 g/mol. The maximum atomic E-state index is 6.20. The first-order chi connectivity index (χ1) is 32.4. The standard InChI is InChI=1S/C60H40BN3OS/c1-60(2,3)37-26-32-53-45(34-37)58-59(66-53)61-46-18-11-17-43-54-48(30-29-42-40-15-7-9-19-47(40)62(57(42)54)38-13-5-4-6-14-38)64(56(43)46)50-21-12-20-49(55(50)61)63(58)39-27-23-35(24-28-39)36-25-31-52-44(33-36)41-16-8-10-22-51(41)65-52/h4-34H,1-3H3. The molecule has 6 heteroatoms. The molecule has 2 aliphatic rings. The van der Waals surface area contributed by atoms with Gasteiger partial charge in [0.1, 0.15) is 11.2 Å². The highest BCUT2D eigenvalue weighted by Gasteiger charge is 2.44. The summed E-state index contributed by atoms with van der Waals surface area (Å²) in [5, 5.41) is 8.73. The fraction of sp³-hybridized carbons (Fsp3) is 0.0667. The molecule has 4 aromatic heterocycles. The van der Waals surface area contributed by atoms with Crippen LogP contribution in [0.4, 0.5) is 17.1 Å². The first kappa shape index (κ1) is 36.5. The van der Waals surface area contributed by atoms with Crippen LogP contribution in [0, 0.1) is 0 Å². The van der Waals surface area contributed by atoms with E-state index >= 15 is 0 Å². The van der Waals surface area contributed by atoms with Crippen LogP contribution < -0.4 is 20.6 Å². The van der Waals surface area contributed by atoms with Gasteiger partial charge >= 0.3 is 0 Å². The van der Waals surface area contributed by atoms with Gasteiger partial charge < -0.3 is 18.5 Å². The Labute approximate surface area is 385 Å². The zero-order valence-electron chi connectivity index (χ0n) is 36.6. The van der Waals surface area contributed by atoms with Gasteiger partial charge in [0.05, 0.1) is 22.2 Å². The van der Waals surface area contributed by atoms with Crippen molar-refractivity contribution in [2.24, 2.45) is 0 Å². The van der Waals surface area contributed by atoms with Crippen LogP contribution in [-0.2, 0) is 5.41 Å². The van der Waals surface area contributed by atoms with Gasteiger partial charge in [0.25, 0.3) is 6.71 Å². The molecule has 9 aromatic carbocycles. The van der Waals surface area contributed by atoms with Crippen LogP contribution in [0.3, 0.4) is 0 Å². The van der Waals surface area contributed by atoms with Crippen molar-refractivity contribution in [2.45, 2.75) is 26.2 Å². The third-order valence-corrected chi connectivity index (χ3v) is 15.9. The molecule has 0 radical (unpaired) electrons. The largest absolute Gasteiger partial charge is 0.456 e.